The SMILES string of the molecule is CCCC1CN(Cc2ccc(OC)c(Br)c2)CCCN1. The van der Waals surface area contributed by atoms with Crippen molar-refractivity contribution < 1.29 is 4.74 Å². The fourth-order valence-corrected chi connectivity index (χ4v) is 3.42. The summed E-state index contributed by atoms with van der Waals surface area (Å²) in [6.45, 7) is 6.75. The van der Waals surface area contributed by atoms with Gasteiger partial charge in [0.1, 0.15) is 5.75 Å². The van der Waals surface area contributed by atoms with E-state index in [0.29, 0.717) is 6.04 Å². The predicted octanol–water partition coefficient (Wildman–Crippen LogP) is 3.42. The van der Waals surface area contributed by atoms with Crippen molar-refractivity contribution in [3.63, 3.8) is 0 Å². The highest BCUT2D eigenvalue weighted by Gasteiger charge is 2.17. The zero-order valence-corrected chi connectivity index (χ0v) is 14.1. The number of hydrogen-bond donors (Lipinski definition) is 1. The molecule has 112 valence electrons. The summed E-state index contributed by atoms with van der Waals surface area (Å²) < 4.78 is 6.33. The molecule has 1 unspecified atom stereocenters. The monoisotopic (exact) mass is 340 g/mol. The van der Waals surface area contributed by atoms with E-state index in [1.807, 2.05) is 6.07 Å². The van der Waals surface area contributed by atoms with E-state index in [1.54, 1.807) is 7.11 Å². The van der Waals surface area contributed by atoms with Gasteiger partial charge in [0.05, 0.1) is 11.6 Å². The smallest absolute Gasteiger partial charge is 0.133 e. The summed E-state index contributed by atoms with van der Waals surface area (Å²) in [6, 6.07) is 7.02. The molecule has 1 aliphatic heterocycles. The molecule has 0 saturated carbocycles. The van der Waals surface area contributed by atoms with Crippen LogP contribution >= 0.6 is 15.9 Å². The first kappa shape index (κ1) is 15.8. The van der Waals surface area contributed by atoms with Crippen LogP contribution in [0.4, 0.5) is 0 Å². The molecule has 0 aromatic heterocycles. The van der Waals surface area contributed by atoms with Crippen molar-refractivity contribution in [1.82, 2.24) is 10.2 Å². The molecule has 1 aliphatic rings. The third-order valence-electron chi connectivity index (χ3n) is 3.82. The van der Waals surface area contributed by atoms with Crippen molar-refractivity contribution in [2.75, 3.05) is 26.7 Å². The standard InChI is InChI=1S/C16H25BrN2O/c1-3-5-14-12-19(9-4-8-18-14)11-13-6-7-16(20-2)15(17)10-13/h6-7,10,14,18H,3-5,8-9,11-12H2,1-2H3. The minimum atomic E-state index is 0.643. The Morgan fingerprint density at radius 3 is 3.00 bits per heavy atom. The fraction of sp³-hybridized carbons (Fsp3) is 0.625. The Morgan fingerprint density at radius 1 is 1.45 bits per heavy atom. The van der Waals surface area contributed by atoms with Gasteiger partial charge in [0.2, 0.25) is 0 Å². The Labute approximate surface area is 130 Å². The Kier molecular flexibility index (Phi) is 6.33. The molecule has 0 bridgehead atoms. The second kappa shape index (κ2) is 8.01. The molecular formula is C16H25BrN2O. The lowest BCUT2D eigenvalue weighted by Crippen LogP contribution is -2.37. The fourth-order valence-electron chi connectivity index (χ4n) is 2.83. The van der Waals surface area contributed by atoms with E-state index < -0.39 is 0 Å². The molecule has 1 aromatic carbocycles. The summed E-state index contributed by atoms with van der Waals surface area (Å²) in [5, 5.41) is 3.66. The lowest BCUT2D eigenvalue weighted by Gasteiger charge is -2.24. The van der Waals surface area contributed by atoms with E-state index in [-0.39, 0.29) is 0 Å². The van der Waals surface area contributed by atoms with Gasteiger partial charge in [-0.05, 0) is 59.6 Å². The topological polar surface area (TPSA) is 24.5 Å². The Morgan fingerprint density at radius 2 is 2.30 bits per heavy atom. The summed E-state index contributed by atoms with van der Waals surface area (Å²) in [5.74, 6) is 0.898. The molecule has 3 nitrogen and oxygen atoms in total. The van der Waals surface area contributed by atoms with E-state index in [9.17, 15) is 0 Å². The van der Waals surface area contributed by atoms with Crippen LogP contribution in [-0.4, -0.2) is 37.7 Å². The van der Waals surface area contributed by atoms with Crippen molar-refractivity contribution >= 4 is 15.9 Å². The second-order valence-electron chi connectivity index (χ2n) is 5.50. The largest absolute Gasteiger partial charge is 0.496 e. The van der Waals surface area contributed by atoms with E-state index in [1.165, 1.54) is 31.4 Å². The summed E-state index contributed by atoms with van der Waals surface area (Å²) >= 11 is 3.57. The van der Waals surface area contributed by atoms with Gasteiger partial charge in [-0.2, -0.15) is 0 Å². The highest BCUT2D eigenvalue weighted by molar-refractivity contribution is 9.10. The maximum Gasteiger partial charge on any atom is 0.133 e. The number of benzene rings is 1. The molecule has 1 atom stereocenters. The summed E-state index contributed by atoms with van der Waals surface area (Å²) in [5.41, 5.74) is 1.34. The molecule has 0 radical (unpaired) electrons. The van der Waals surface area contributed by atoms with Crippen LogP contribution in [0.15, 0.2) is 22.7 Å². The molecule has 1 heterocycles. The normalized spacial score (nSPS) is 20.6. The van der Waals surface area contributed by atoms with Crippen LogP contribution in [0.1, 0.15) is 31.7 Å². The van der Waals surface area contributed by atoms with Gasteiger partial charge in [-0.1, -0.05) is 19.4 Å². The highest BCUT2D eigenvalue weighted by Crippen LogP contribution is 2.26. The van der Waals surface area contributed by atoms with Crippen LogP contribution in [0.3, 0.4) is 0 Å². The van der Waals surface area contributed by atoms with Gasteiger partial charge < -0.3 is 10.1 Å². The van der Waals surface area contributed by atoms with Crippen molar-refractivity contribution in [2.24, 2.45) is 0 Å². The Hall–Kier alpha value is -0.580. The molecule has 20 heavy (non-hydrogen) atoms. The van der Waals surface area contributed by atoms with E-state index in [4.69, 9.17) is 4.74 Å². The Bertz CT molecular complexity index is 425. The number of ether oxygens (including phenoxy) is 1. The van der Waals surface area contributed by atoms with E-state index in [0.717, 1.165) is 29.9 Å². The molecule has 0 amide bonds. The first-order chi connectivity index (χ1) is 9.72. The molecule has 0 spiro atoms. The summed E-state index contributed by atoms with van der Waals surface area (Å²) in [6.07, 6.45) is 3.75. The number of rotatable bonds is 5. The molecule has 1 aromatic rings. The van der Waals surface area contributed by atoms with Crippen LogP contribution in [0.5, 0.6) is 5.75 Å². The molecule has 1 saturated heterocycles. The number of nitrogens with one attached hydrogen (secondary N) is 1. The molecule has 1 N–H and O–H groups in total. The first-order valence-electron chi connectivity index (χ1n) is 7.51. The number of methoxy groups -OCH3 is 1. The zero-order valence-electron chi connectivity index (χ0n) is 12.5. The molecule has 2 rings (SSSR count). The highest BCUT2D eigenvalue weighted by atomic mass is 79.9. The maximum atomic E-state index is 5.29. The van der Waals surface area contributed by atoms with Gasteiger partial charge in [-0.15, -0.1) is 0 Å². The van der Waals surface area contributed by atoms with Crippen molar-refractivity contribution in [2.45, 2.75) is 38.8 Å². The van der Waals surface area contributed by atoms with Crippen LogP contribution in [0, 0.1) is 0 Å². The van der Waals surface area contributed by atoms with E-state index >= 15 is 0 Å². The van der Waals surface area contributed by atoms with Crippen molar-refractivity contribution in [1.29, 1.82) is 0 Å². The number of halogens is 1. The van der Waals surface area contributed by atoms with Gasteiger partial charge in [0, 0.05) is 19.1 Å². The first-order valence-corrected chi connectivity index (χ1v) is 8.30. The zero-order chi connectivity index (χ0) is 14.4. The van der Waals surface area contributed by atoms with Crippen LogP contribution in [0.25, 0.3) is 0 Å². The second-order valence-corrected chi connectivity index (χ2v) is 6.35. The van der Waals surface area contributed by atoms with Crippen LogP contribution in [0.2, 0.25) is 0 Å². The van der Waals surface area contributed by atoms with Crippen molar-refractivity contribution in [3.8, 4) is 5.75 Å². The third-order valence-corrected chi connectivity index (χ3v) is 4.44. The predicted molar refractivity (Wildman–Crippen MR) is 87.3 cm³/mol. The van der Waals surface area contributed by atoms with Gasteiger partial charge >= 0.3 is 0 Å². The van der Waals surface area contributed by atoms with Gasteiger partial charge in [-0.25, -0.2) is 0 Å². The summed E-state index contributed by atoms with van der Waals surface area (Å²) in [4.78, 5) is 2.56. The lowest BCUT2D eigenvalue weighted by atomic mass is 10.1. The molecule has 0 aliphatic carbocycles. The van der Waals surface area contributed by atoms with Gasteiger partial charge in [-0.3, -0.25) is 4.90 Å². The number of hydrogen-bond acceptors (Lipinski definition) is 3. The maximum absolute atomic E-state index is 5.29. The summed E-state index contributed by atoms with van der Waals surface area (Å²) in [7, 11) is 1.70. The molecule has 4 heteroatoms. The van der Waals surface area contributed by atoms with Crippen LogP contribution in [-0.2, 0) is 6.54 Å². The lowest BCUT2D eigenvalue weighted by molar-refractivity contribution is 0.254. The average molecular weight is 341 g/mol. The van der Waals surface area contributed by atoms with E-state index in [2.05, 4.69) is 45.2 Å². The van der Waals surface area contributed by atoms with Gasteiger partial charge in [0.25, 0.3) is 0 Å². The van der Waals surface area contributed by atoms with Crippen molar-refractivity contribution in [3.05, 3.63) is 28.2 Å². The average Bonchev–Trinajstić information content (AvgIpc) is 2.65. The minimum Gasteiger partial charge on any atom is -0.496 e. The minimum absolute atomic E-state index is 0.643. The third kappa shape index (κ3) is 4.47. The van der Waals surface area contributed by atoms with Crippen LogP contribution < -0.4 is 10.1 Å². The van der Waals surface area contributed by atoms with Gasteiger partial charge in [0.15, 0.2) is 0 Å². The molecular weight excluding hydrogens is 316 g/mol. The molecule has 1 fully saturated rings. The number of nitrogens with zero attached hydrogens (tertiary/aromatic N) is 1. The Balaban J connectivity index is 1.98. The quantitative estimate of drug-likeness (QED) is 0.888.